The van der Waals surface area contributed by atoms with Gasteiger partial charge in [0.1, 0.15) is 18.1 Å². The molecule has 2 aromatic rings. The molecule has 1 aliphatic rings. The number of hydrogen-bond acceptors (Lipinski definition) is 3. The molecule has 34 heavy (non-hydrogen) atoms. The fourth-order valence-electron chi connectivity index (χ4n) is 4.70. The van der Waals surface area contributed by atoms with Gasteiger partial charge in [-0.1, -0.05) is 70.2 Å². The summed E-state index contributed by atoms with van der Waals surface area (Å²) in [6.07, 6.45) is 18.8. The lowest BCUT2D eigenvalue weighted by molar-refractivity contribution is 0.0734. The summed E-state index contributed by atoms with van der Waals surface area (Å²) in [5, 5.41) is 0. The van der Waals surface area contributed by atoms with E-state index in [-0.39, 0.29) is 5.97 Å². The van der Waals surface area contributed by atoms with E-state index in [4.69, 9.17) is 9.47 Å². The molecule has 1 saturated carbocycles. The van der Waals surface area contributed by atoms with E-state index in [0.29, 0.717) is 23.8 Å². The lowest BCUT2D eigenvalue weighted by Crippen LogP contribution is -2.13. The van der Waals surface area contributed by atoms with Crippen molar-refractivity contribution in [1.82, 2.24) is 0 Å². The summed E-state index contributed by atoms with van der Waals surface area (Å²) in [6, 6.07) is 15.0. The maximum absolute atomic E-state index is 12.4. The molecule has 0 N–H and O–H groups in total. The second-order valence-corrected chi connectivity index (χ2v) is 9.68. The fraction of sp³-hybridized carbons (Fsp3) is 0.516. The number of allylic oxidation sites excluding steroid dienone is 1. The highest BCUT2D eigenvalue weighted by Crippen LogP contribution is 2.32. The zero-order valence-corrected chi connectivity index (χ0v) is 21.1. The van der Waals surface area contributed by atoms with Crippen LogP contribution < -0.4 is 9.47 Å². The van der Waals surface area contributed by atoms with Gasteiger partial charge in [0.2, 0.25) is 0 Å². The number of carbonyl (C=O) groups is 1. The number of rotatable bonds is 13. The Hall–Kier alpha value is -2.55. The Kier molecular flexibility index (Phi) is 11.2. The molecule has 0 radical (unpaired) electrons. The Morgan fingerprint density at radius 3 is 2.21 bits per heavy atom. The zero-order valence-electron chi connectivity index (χ0n) is 21.1. The molecule has 0 amide bonds. The third-order valence-corrected chi connectivity index (χ3v) is 6.90. The van der Waals surface area contributed by atoms with Crippen LogP contribution in [0.2, 0.25) is 0 Å². The van der Waals surface area contributed by atoms with Crippen molar-refractivity contribution in [3.05, 3.63) is 71.8 Å². The average Bonchev–Trinajstić information content (AvgIpc) is 2.87. The van der Waals surface area contributed by atoms with Crippen molar-refractivity contribution >= 4 is 5.97 Å². The van der Waals surface area contributed by atoms with Crippen molar-refractivity contribution in [2.24, 2.45) is 11.8 Å². The first kappa shape index (κ1) is 26.1. The largest absolute Gasteiger partial charge is 0.490 e. The minimum Gasteiger partial charge on any atom is -0.490 e. The van der Waals surface area contributed by atoms with E-state index in [1.165, 1.54) is 69.8 Å². The molecule has 1 aliphatic carbocycles. The van der Waals surface area contributed by atoms with Gasteiger partial charge in [0.15, 0.2) is 0 Å². The normalized spacial score (nSPS) is 18.2. The van der Waals surface area contributed by atoms with E-state index >= 15 is 0 Å². The number of esters is 1. The topological polar surface area (TPSA) is 35.5 Å². The molecule has 0 aromatic heterocycles. The molecule has 3 nitrogen and oxygen atoms in total. The molecule has 2 aromatic carbocycles. The number of benzene rings is 2. The molecule has 0 bridgehead atoms. The van der Waals surface area contributed by atoms with Gasteiger partial charge < -0.3 is 9.47 Å². The molecule has 0 saturated heterocycles. The second-order valence-electron chi connectivity index (χ2n) is 9.68. The van der Waals surface area contributed by atoms with Crippen molar-refractivity contribution in [3.63, 3.8) is 0 Å². The first-order chi connectivity index (χ1) is 16.7. The lowest BCUT2D eigenvalue weighted by atomic mass is 9.79. The predicted octanol–water partition coefficient (Wildman–Crippen LogP) is 8.57. The summed E-state index contributed by atoms with van der Waals surface area (Å²) >= 11 is 0. The molecule has 1 fully saturated rings. The molecule has 0 spiro atoms. The monoisotopic (exact) mass is 462 g/mol. The van der Waals surface area contributed by atoms with Gasteiger partial charge in [-0.05, 0) is 92.3 Å². The summed E-state index contributed by atoms with van der Waals surface area (Å²) < 4.78 is 11.4. The van der Waals surface area contributed by atoms with E-state index < -0.39 is 0 Å². The van der Waals surface area contributed by atoms with Crippen LogP contribution in [-0.4, -0.2) is 12.6 Å². The highest BCUT2D eigenvalue weighted by Gasteiger charge is 2.18. The van der Waals surface area contributed by atoms with E-state index in [0.717, 1.165) is 18.1 Å². The van der Waals surface area contributed by atoms with Gasteiger partial charge in [-0.2, -0.15) is 0 Å². The van der Waals surface area contributed by atoms with Gasteiger partial charge in [0.25, 0.3) is 0 Å². The number of hydrogen-bond donors (Lipinski definition) is 0. The molecule has 0 aliphatic heterocycles. The number of ether oxygens (including phenoxy) is 2. The second kappa shape index (κ2) is 14.7. The van der Waals surface area contributed by atoms with E-state index in [2.05, 4.69) is 26.0 Å². The molecular formula is C31H42O3. The predicted molar refractivity (Wildman–Crippen MR) is 141 cm³/mol. The molecule has 0 heterocycles. The minimum atomic E-state index is -0.349. The third kappa shape index (κ3) is 9.00. The zero-order chi connectivity index (χ0) is 24.0. The van der Waals surface area contributed by atoms with Crippen LogP contribution in [-0.2, 0) is 6.42 Å². The van der Waals surface area contributed by atoms with Gasteiger partial charge in [-0.3, -0.25) is 0 Å². The van der Waals surface area contributed by atoms with E-state index in [1.807, 2.05) is 36.4 Å². The van der Waals surface area contributed by atoms with Crippen molar-refractivity contribution < 1.29 is 14.3 Å². The van der Waals surface area contributed by atoms with Gasteiger partial charge in [-0.25, -0.2) is 4.79 Å². The summed E-state index contributed by atoms with van der Waals surface area (Å²) in [4.78, 5) is 12.4. The van der Waals surface area contributed by atoms with Gasteiger partial charge in [0, 0.05) is 0 Å². The Morgan fingerprint density at radius 2 is 1.53 bits per heavy atom. The molecule has 3 heteroatoms. The first-order valence-corrected chi connectivity index (χ1v) is 13.4. The van der Waals surface area contributed by atoms with Crippen LogP contribution in [0.1, 0.15) is 94.0 Å². The van der Waals surface area contributed by atoms with Crippen molar-refractivity contribution in [3.8, 4) is 11.5 Å². The molecule has 0 unspecified atom stereocenters. The third-order valence-electron chi connectivity index (χ3n) is 6.90. The van der Waals surface area contributed by atoms with Crippen molar-refractivity contribution in [1.29, 1.82) is 0 Å². The quantitative estimate of drug-likeness (QED) is 0.129. The van der Waals surface area contributed by atoms with Crippen LogP contribution in [0.5, 0.6) is 11.5 Å². The van der Waals surface area contributed by atoms with E-state index in [1.54, 1.807) is 12.1 Å². The first-order valence-electron chi connectivity index (χ1n) is 13.4. The lowest BCUT2D eigenvalue weighted by Gasteiger charge is -2.26. The van der Waals surface area contributed by atoms with Crippen LogP contribution in [0, 0.1) is 11.8 Å². The Bertz CT molecular complexity index is 859. The summed E-state index contributed by atoms with van der Waals surface area (Å²) in [5.41, 5.74) is 1.79. The number of aryl methyl sites for hydroxylation is 1. The van der Waals surface area contributed by atoms with Gasteiger partial charge in [-0.15, -0.1) is 0 Å². The van der Waals surface area contributed by atoms with Crippen LogP contribution in [0.3, 0.4) is 0 Å². The molecule has 0 atom stereocenters. The maximum atomic E-state index is 12.4. The van der Waals surface area contributed by atoms with Crippen LogP contribution >= 0.6 is 0 Å². The summed E-state index contributed by atoms with van der Waals surface area (Å²) in [6.45, 7) is 5.02. The maximum Gasteiger partial charge on any atom is 0.343 e. The van der Waals surface area contributed by atoms with Crippen LogP contribution in [0.15, 0.2) is 60.7 Å². The SMILES string of the molecule is CCCCCC1CCC(C=CCOc2ccc(C(=O)Oc3ccc(CCCC)cc3)cc2)CC1. The Morgan fingerprint density at radius 1 is 0.853 bits per heavy atom. The number of unbranched alkanes of at least 4 members (excludes halogenated alkanes) is 3. The summed E-state index contributed by atoms with van der Waals surface area (Å²) in [7, 11) is 0. The minimum absolute atomic E-state index is 0.349. The fourth-order valence-corrected chi connectivity index (χ4v) is 4.70. The highest BCUT2D eigenvalue weighted by atomic mass is 16.5. The molecular weight excluding hydrogens is 420 g/mol. The van der Waals surface area contributed by atoms with Crippen LogP contribution in [0.25, 0.3) is 0 Å². The smallest absolute Gasteiger partial charge is 0.343 e. The number of carbonyl (C=O) groups excluding carboxylic acids is 1. The Labute approximate surface area is 206 Å². The summed E-state index contributed by atoms with van der Waals surface area (Å²) in [5.74, 6) is 2.64. The highest BCUT2D eigenvalue weighted by molar-refractivity contribution is 5.91. The Balaban J connectivity index is 1.36. The molecule has 184 valence electrons. The molecule has 3 rings (SSSR count). The van der Waals surface area contributed by atoms with Crippen LogP contribution in [0.4, 0.5) is 0 Å². The van der Waals surface area contributed by atoms with Crippen molar-refractivity contribution in [2.75, 3.05) is 6.61 Å². The standard InChI is InChI=1S/C31H42O3/c1-3-5-7-10-26-12-14-27(15-13-26)11-8-24-33-29-22-18-28(19-23-29)31(32)34-30-20-16-25(17-21-30)9-6-4-2/h8,11,16-23,26-27H,3-7,9-10,12-15,24H2,1-2H3. The van der Waals surface area contributed by atoms with E-state index in [9.17, 15) is 4.79 Å². The van der Waals surface area contributed by atoms with Gasteiger partial charge >= 0.3 is 5.97 Å². The van der Waals surface area contributed by atoms with Crippen molar-refractivity contribution in [2.45, 2.75) is 84.5 Å². The average molecular weight is 463 g/mol. The van der Waals surface area contributed by atoms with Gasteiger partial charge in [0.05, 0.1) is 5.56 Å².